The topological polar surface area (TPSA) is 106 Å². The van der Waals surface area contributed by atoms with Crippen LogP contribution in [0.15, 0.2) is 48.5 Å². The first kappa shape index (κ1) is 19.8. The summed E-state index contributed by atoms with van der Waals surface area (Å²) in [6.07, 6.45) is 3.52. The summed E-state index contributed by atoms with van der Waals surface area (Å²) in [7, 11) is 0. The molecule has 32 heavy (non-hydrogen) atoms. The molecule has 2 aromatic carbocycles. The molecule has 1 aliphatic rings. The van der Waals surface area contributed by atoms with Crippen molar-refractivity contribution in [2.24, 2.45) is 0 Å². The van der Waals surface area contributed by atoms with E-state index in [1.54, 1.807) is 12.1 Å². The van der Waals surface area contributed by atoms with Gasteiger partial charge in [-0.1, -0.05) is 12.1 Å². The van der Waals surface area contributed by atoms with Crippen LogP contribution in [0, 0.1) is 18.3 Å². The summed E-state index contributed by atoms with van der Waals surface area (Å²) in [6, 6.07) is 17.5. The van der Waals surface area contributed by atoms with Gasteiger partial charge in [-0.2, -0.15) is 15.2 Å². The Balaban J connectivity index is 1.51. The van der Waals surface area contributed by atoms with Gasteiger partial charge in [-0.05, 0) is 68.1 Å². The van der Waals surface area contributed by atoms with E-state index < -0.39 is 0 Å². The van der Waals surface area contributed by atoms with Gasteiger partial charge in [0.25, 0.3) is 0 Å². The normalized spacial score (nSPS) is 13.7. The zero-order valence-corrected chi connectivity index (χ0v) is 17.9. The number of anilines is 5. The SMILES string of the molecule is Cc1cccc(Nc2nc3c(N4CCCCC4)nc(Nc4ccc(C#N)cc4)nc3[nH]2)c1. The molecule has 1 fully saturated rings. The number of nitriles is 1. The summed E-state index contributed by atoms with van der Waals surface area (Å²) in [4.78, 5) is 19.9. The van der Waals surface area contributed by atoms with Crippen LogP contribution in [0.3, 0.4) is 0 Å². The molecule has 0 spiro atoms. The van der Waals surface area contributed by atoms with Gasteiger partial charge in [0.05, 0.1) is 11.6 Å². The lowest BCUT2D eigenvalue weighted by Crippen LogP contribution is -2.30. The van der Waals surface area contributed by atoms with Gasteiger partial charge in [-0.3, -0.25) is 0 Å². The molecule has 0 bridgehead atoms. The van der Waals surface area contributed by atoms with Gasteiger partial charge in [0.2, 0.25) is 11.9 Å². The number of nitrogens with zero attached hydrogens (tertiary/aromatic N) is 5. The number of aromatic amines is 1. The molecule has 0 amide bonds. The summed E-state index contributed by atoms with van der Waals surface area (Å²) >= 11 is 0. The third-order valence-electron chi connectivity index (χ3n) is 5.53. The van der Waals surface area contributed by atoms with Gasteiger partial charge in [-0.15, -0.1) is 0 Å². The molecule has 8 heteroatoms. The number of hydrogen-bond acceptors (Lipinski definition) is 7. The van der Waals surface area contributed by atoms with E-state index in [1.807, 2.05) is 24.3 Å². The number of piperidine rings is 1. The Bertz CT molecular complexity index is 1280. The first-order valence-electron chi connectivity index (χ1n) is 10.8. The fourth-order valence-corrected chi connectivity index (χ4v) is 3.94. The number of fused-ring (bicyclic) bond motifs is 1. The Morgan fingerprint density at radius 1 is 0.938 bits per heavy atom. The number of aromatic nitrogens is 4. The lowest BCUT2D eigenvalue weighted by atomic mass is 10.1. The van der Waals surface area contributed by atoms with Crippen LogP contribution in [0.4, 0.5) is 29.1 Å². The summed E-state index contributed by atoms with van der Waals surface area (Å²) in [5, 5.41) is 15.6. The van der Waals surface area contributed by atoms with E-state index in [2.05, 4.69) is 50.6 Å². The van der Waals surface area contributed by atoms with Crippen LogP contribution in [0.5, 0.6) is 0 Å². The van der Waals surface area contributed by atoms with E-state index in [9.17, 15) is 0 Å². The van der Waals surface area contributed by atoms with Crippen molar-refractivity contribution in [2.45, 2.75) is 26.2 Å². The van der Waals surface area contributed by atoms with Crippen molar-refractivity contribution in [1.82, 2.24) is 19.9 Å². The number of rotatable bonds is 5. The molecule has 3 N–H and O–H groups in total. The fraction of sp³-hybridized carbons (Fsp3) is 0.250. The Morgan fingerprint density at radius 2 is 1.75 bits per heavy atom. The standard InChI is InChI=1S/C24H24N8/c1-16-6-5-7-19(14-16)27-23-28-20-21(29-23)30-24(26-18-10-8-17(15-25)9-11-18)31-22(20)32-12-3-2-4-13-32/h5-11,14H,2-4,12-13H2,1H3,(H3,26,27,28,29,30,31). The van der Waals surface area contributed by atoms with E-state index in [4.69, 9.17) is 15.2 Å². The predicted octanol–water partition coefficient (Wildman–Crippen LogP) is 5.01. The first-order chi connectivity index (χ1) is 15.7. The molecule has 2 aromatic heterocycles. The van der Waals surface area contributed by atoms with Crippen molar-refractivity contribution in [1.29, 1.82) is 5.26 Å². The van der Waals surface area contributed by atoms with E-state index in [0.29, 0.717) is 23.1 Å². The lowest BCUT2D eigenvalue weighted by Gasteiger charge is -2.27. The van der Waals surface area contributed by atoms with Crippen molar-refractivity contribution in [3.8, 4) is 6.07 Å². The number of H-pyrrole nitrogens is 1. The molecule has 0 radical (unpaired) electrons. The monoisotopic (exact) mass is 424 g/mol. The molecule has 4 aromatic rings. The van der Waals surface area contributed by atoms with Crippen LogP contribution >= 0.6 is 0 Å². The summed E-state index contributed by atoms with van der Waals surface area (Å²) in [6.45, 7) is 3.97. The molecular weight excluding hydrogens is 400 g/mol. The highest BCUT2D eigenvalue weighted by Crippen LogP contribution is 2.29. The Hall–Kier alpha value is -4.12. The van der Waals surface area contributed by atoms with Gasteiger partial charge in [0.1, 0.15) is 0 Å². The highest BCUT2D eigenvalue weighted by atomic mass is 15.3. The lowest BCUT2D eigenvalue weighted by molar-refractivity contribution is 0.574. The third kappa shape index (κ3) is 4.18. The van der Waals surface area contributed by atoms with Crippen LogP contribution in [0.1, 0.15) is 30.4 Å². The molecule has 1 saturated heterocycles. The van der Waals surface area contributed by atoms with Crippen LogP contribution < -0.4 is 15.5 Å². The van der Waals surface area contributed by atoms with Gasteiger partial charge >= 0.3 is 0 Å². The van der Waals surface area contributed by atoms with Crippen molar-refractivity contribution in [3.63, 3.8) is 0 Å². The van der Waals surface area contributed by atoms with E-state index >= 15 is 0 Å². The highest BCUT2D eigenvalue weighted by Gasteiger charge is 2.20. The van der Waals surface area contributed by atoms with Crippen LogP contribution in [-0.2, 0) is 0 Å². The molecule has 8 nitrogen and oxygen atoms in total. The number of aryl methyl sites for hydroxylation is 1. The zero-order valence-electron chi connectivity index (χ0n) is 17.9. The highest BCUT2D eigenvalue weighted by molar-refractivity contribution is 5.87. The molecule has 3 heterocycles. The molecule has 0 atom stereocenters. The second kappa shape index (κ2) is 8.55. The third-order valence-corrected chi connectivity index (χ3v) is 5.53. The van der Waals surface area contributed by atoms with Crippen molar-refractivity contribution in [2.75, 3.05) is 28.6 Å². The van der Waals surface area contributed by atoms with Crippen LogP contribution in [0.2, 0.25) is 0 Å². The van der Waals surface area contributed by atoms with E-state index in [0.717, 1.165) is 48.6 Å². The molecular formula is C24H24N8. The van der Waals surface area contributed by atoms with Crippen molar-refractivity contribution < 1.29 is 0 Å². The zero-order chi connectivity index (χ0) is 21.9. The second-order valence-electron chi connectivity index (χ2n) is 8.01. The first-order valence-corrected chi connectivity index (χ1v) is 10.8. The van der Waals surface area contributed by atoms with Crippen LogP contribution in [0.25, 0.3) is 11.2 Å². The molecule has 0 unspecified atom stereocenters. The molecule has 160 valence electrons. The van der Waals surface area contributed by atoms with Crippen molar-refractivity contribution >= 4 is 40.3 Å². The van der Waals surface area contributed by atoms with Gasteiger partial charge in [0.15, 0.2) is 17.0 Å². The molecule has 0 aliphatic carbocycles. The minimum Gasteiger partial charge on any atom is -0.355 e. The Kier molecular flexibility index (Phi) is 5.30. The van der Waals surface area contributed by atoms with Gasteiger partial charge in [-0.25, -0.2) is 4.98 Å². The van der Waals surface area contributed by atoms with E-state index in [1.165, 1.54) is 12.0 Å². The maximum Gasteiger partial charge on any atom is 0.231 e. The number of nitrogens with one attached hydrogen (secondary N) is 3. The summed E-state index contributed by atoms with van der Waals surface area (Å²) < 4.78 is 0. The maximum absolute atomic E-state index is 9.02. The Morgan fingerprint density at radius 3 is 2.50 bits per heavy atom. The second-order valence-corrected chi connectivity index (χ2v) is 8.01. The summed E-state index contributed by atoms with van der Waals surface area (Å²) in [5.74, 6) is 1.96. The van der Waals surface area contributed by atoms with Gasteiger partial charge in [0, 0.05) is 24.5 Å². The largest absolute Gasteiger partial charge is 0.355 e. The van der Waals surface area contributed by atoms with Gasteiger partial charge < -0.3 is 20.5 Å². The number of benzene rings is 2. The smallest absolute Gasteiger partial charge is 0.231 e. The van der Waals surface area contributed by atoms with Crippen LogP contribution in [-0.4, -0.2) is 33.0 Å². The Labute approximate surface area is 186 Å². The average molecular weight is 425 g/mol. The predicted molar refractivity (Wildman–Crippen MR) is 127 cm³/mol. The minimum absolute atomic E-state index is 0.494. The van der Waals surface area contributed by atoms with E-state index in [-0.39, 0.29) is 0 Å². The minimum atomic E-state index is 0.494. The number of hydrogen-bond donors (Lipinski definition) is 3. The quantitative estimate of drug-likeness (QED) is 0.413. The molecule has 0 saturated carbocycles. The number of imidazole rings is 1. The summed E-state index contributed by atoms with van der Waals surface area (Å²) in [5.41, 5.74) is 5.01. The average Bonchev–Trinajstić information content (AvgIpc) is 3.22. The fourth-order valence-electron chi connectivity index (χ4n) is 3.94. The molecule has 5 rings (SSSR count). The maximum atomic E-state index is 9.02. The molecule has 1 aliphatic heterocycles. The van der Waals surface area contributed by atoms with Crippen molar-refractivity contribution in [3.05, 3.63) is 59.7 Å².